The number of halogens is 1. The molecule has 0 heterocycles. The average Bonchev–Trinajstić information content (AvgIpc) is 2.91. The highest BCUT2D eigenvalue weighted by Crippen LogP contribution is 2.50. The van der Waals surface area contributed by atoms with Crippen LogP contribution in [0.2, 0.25) is 0 Å². The van der Waals surface area contributed by atoms with Gasteiger partial charge in [-0.25, -0.2) is 0 Å². The summed E-state index contributed by atoms with van der Waals surface area (Å²) in [4.78, 5) is 11.9. The Balaban J connectivity index is 2.77. The van der Waals surface area contributed by atoms with Crippen molar-refractivity contribution in [2.45, 2.75) is 38.0 Å². The van der Waals surface area contributed by atoms with Crippen LogP contribution < -0.4 is 9.47 Å². The third kappa shape index (κ3) is 2.18. The number of hydrogen-bond donors (Lipinski definition) is 1. The molecule has 5 heteroatoms. The van der Waals surface area contributed by atoms with Gasteiger partial charge in [-0.2, -0.15) is 0 Å². The summed E-state index contributed by atoms with van der Waals surface area (Å²) in [6, 6.07) is 1.82. The molecule has 0 saturated heterocycles. The zero-order valence-corrected chi connectivity index (χ0v) is 13.5. The van der Waals surface area contributed by atoms with Gasteiger partial charge in [-0.05, 0) is 31.4 Å². The molecule has 2 rings (SSSR count). The minimum Gasteiger partial charge on any atom is -0.493 e. The van der Waals surface area contributed by atoms with Crippen LogP contribution in [0.4, 0.5) is 0 Å². The molecular formula is C15H19BrO4. The fourth-order valence-corrected chi connectivity index (χ4v) is 3.59. The van der Waals surface area contributed by atoms with Gasteiger partial charge < -0.3 is 14.6 Å². The molecule has 1 aliphatic rings. The molecule has 110 valence electrons. The summed E-state index contributed by atoms with van der Waals surface area (Å²) in [6.45, 7) is 1.92. The van der Waals surface area contributed by atoms with E-state index in [9.17, 15) is 9.90 Å². The summed E-state index contributed by atoms with van der Waals surface area (Å²) in [6.07, 6.45) is 3.12. The summed E-state index contributed by atoms with van der Waals surface area (Å²) >= 11 is 3.49. The van der Waals surface area contributed by atoms with Crippen LogP contribution in [-0.4, -0.2) is 25.3 Å². The lowest BCUT2D eigenvalue weighted by molar-refractivity contribution is -0.143. The Morgan fingerprint density at radius 2 is 1.90 bits per heavy atom. The second-order valence-corrected chi connectivity index (χ2v) is 6.04. The lowest BCUT2D eigenvalue weighted by Gasteiger charge is -2.29. The Morgan fingerprint density at radius 3 is 2.35 bits per heavy atom. The van der Waals surface area contributed by atoms with Crippen LogP contribution in [0.3, 0.4) is 0 Å². The minimum absolute atomic E-state index is 0.539. The van der Waals surface area contributed by atoms with E-state index in [4.69, 9.17) is 9.47 Å². The normalized spacial score (nSPS) is 17.0. The van der Waals surface area contributed by atoms with Crippen molar-refractivity contribution in [2.75, 3.05) is 14.2 Å². The molecule has 4 nitrogen and oxygen atoms in total. The van der Waals surface area contributed by atoms with Gasteiger partial charge in [0.15, 0.2) is 11.5 Å². The Morgan fingerprint density at radius 1 is 1.30 bits per heavy atom. The molecule has 1 aliphatic carbocycles. The van der Waals surface area contributed by atoms with Crippen molar-refractivity contribution in [1.82, 2.24) is 0 Å². The molecule has 1 aromatic rings. The maximum absolute atomic E-state index is 11.9. The van der Waals surface area contributed by atoms with Crippen molar-refractivity contribution in [3.8, 4) is 11.5 Å². The molecule has 0 unspecified atom stereocenters. The van der Waals surface area contributed by atoms with Crippen LogP contribution in [0.25, 0.3) is 0 Å². The predicted octanol–water partition coefficient (Wildman–Crippen LogP) is 3.67. The van der Waals surface area contributed by atoms with Gasteiger partial charge in [0.25, 0.3) is 0 Å². The Hall–Kier alpha value is -1.23. The highest BCUT2D eigenvalue weighted by Gasteiger charge is 2.46. The van der Waals surface area contributed by atoms with Crippen molar-refractivity contribution in [2.24, 2.45) is 0 Å². The molecule has 1 N–H and O–H groups in total. The summed E-state index contributed by atoms with van der Waals surface area (Å²) in [5, 5.41) is 9.80. The van der Waals surface area contributed by atoms with Crippen molar-refractivity contribution >= 4 is 21.9 Å². The molecule has 20 heavy (non-hydrogen) atoms. The predicted molar refractivity (Wildman–Crippen MR) is 79.8 cm³/mol. The molecular weight excluding hydrogens is 324 g/mol. The summed E-state index contributed by atoms with van der Waals surface area (Å²) in [7, 11) is 3.12. The van der Waals surface area contributed by atoms with Gasteiger partial charge in [0.2, 0.25) is 0 Å². The standard InChI is InChI=1S/C15H19BrO4/c1-9-10(16)8-11(19-2)13(20-3)12(9)15(14(17)18)6-4-5-7-15/h8H,4-7H2,1-3H3,(H,17,18). The van der Waals surface area contributed by atoms with Gasteiger partial charge in [-0.1, -0.05) is 28.8 Å². The second kappa shape index (κ2) is 5.64. The smallest absolute Gasteiger partial charge is 0.314 e. The van der Waals surface area contributed by atoms with Crippen LogP contribution in [0.15, 0.2) is 10.5 Å². The molecule has 0 bridgehead atoms. The van der Waals surface area contributed by atoms with Crippen LogP contribution in [-0.2, 0) is 10.2 Å². The minimum atomic E-state index is -0.869. The number of rotatable bonds is 4. The monoisotopic (exact) mass is 342 g/mol. The van der Waals surface area contributed by atoms with Crippen LogP contribution in [0.1, 0.15) is 36.8 Å². The van der Waals surface area contributed by atoms with Crippen molar-refractivity contribution < 1.29 is 19.4 Å². The average molecular weight is 343 g/mol. The van der Waals surface area contributed by atoms with E-state index in [1.165, 1.54) is 0 Å². The van der Waals surface area contributed by atoms with Gasteiger partial charge in [0.1, 0.15) is 0 Å². The number of methoxy groups -OCH3 is 2. The summed E-state index contributed by atoms with van der Waals surface area (Å²) < 4.78 is 11.7. The van der Waals surface area contributed by atoms with E-state index in [0.717, 1.165) is 28.4 Å². The molecule has 0 radical (unpaired) electrons. The van der Waals surface area contributed by atoms with Crippen molar-refractivity contribution in [3.05, 3.63) is 21.7 Å². The molecule has 0 atom stereocenters. The molecule has 0 spiro atoms. The lowest BCUT2D eigenvalue weighted by atomic mass is 9.76. The molecule has 0 aromatic heterocycles. The summed E-state index contributed by atoms with van der Waals surface area (Å²) in [5.74, 6) is 0.321. The first-order valence-corrected chi connectivity index (χ1v) is 7.42. The van der Waals surface area contributed by atoms with E-state index >= 15 is 0 Å². The number of aliphatic carboxylic acids is 1. The van der Waals surface area contributed by atoms with Gasteiger partial charge in [0, 0.05) is 10.0 Å². The highest BCUT2D eigenvalue weighted by atomic mass is 79.9. The molecule has 0 aliphatic heterocycles. The molecule has 1 saturated carbocycles. The van der Waals surface area contributed by atoms with Crippen LogP contribution in [0.5, 0.6) is 11.5 Å². The van der Waals surface area contributed by atoms with E-state index in [-0.39, 0.29) is 0 Å². The SMILES string of the molecule is COc1cc(Br)c(C)c(C2(C(=O)O)CCCC2)c1OC. The second-order valence-electron chi connectivity index (χ2n) is 5.19. The zero-order chi connectivity index (χ0) is 14.9. The number of hydrogen-bond acceptors (Lipinski definition) is 3. The first-order valence-electron chi connectivity index (χ1n) is 6.63. The molecule has 1 aromatic carbocycles. The first kappa shape index (κ1) is 15.2. The van der Waals surface area contributed by atoms with Gasteiger partial charge in [-0.15, -0.1) is 0 Å². The van der Waals surface area contributed by atoms with Gasteiger partial charge in [0.05, 0.1) is 19.6 Å². The zero-order valence-electron chi connectivity index (χ0n) is 12.0. The quantitative estimate of drug-likeness (QED) is 0.906. The summed E-state index contributed by atoms with van der Waals surface area (Å²) in [5.41, 5.74) is 0.787. The Kier molecular flexibility index (Phi) is 4.28. The number of carbonyl (C=O) groups is 1. The lowest BCUT2D eigenvalue weighted by Crippen LogP contribution is -2.34. The van der Waals surface area contributed by atoms with Crippen LogP contribution >= 0.6 is 15.9 Å². The van der Waals surface area contributed by atoms with Gasteiger partial charge in [-0.3, -0.25) is 4.79 Å². The first-order chi connectivity index (χ1) is 9.47. The largest absolute Gasteiger partial charge is 0.493 e. The number of benzene rings is 1. The van der Waals surface area contributed by atoms with Crippen molar-refractivity contribution in [1.29, 1.82) is 0 Å². The highest BCUT2D eigenvalue weighted by molar-refractivity contribution is 9.10. The maximum Gasteiger partial charge on any atom is 0.314 e. The molecule has 1 fully saturated rings. The number of ether oxygens (including phenoxy) is 2. The Labute approximate surface area is 127 Å². The van der Waals surface area contributed by atoms with E-state index in [1.54, 1.807) is 14.2 Å². The fourth-order valence-electron chi connectivity index (χ4n) is 3.18. The maximum atomic E-state index is 11.9. The van der Waals surface area contributed by atoms with E-state index in [2.05, 4.69) is 15.9 Å². The molecule has 0 amide bonds. The number of carboxylic acids is 1. The fraction of sp³-hybridized carbons (Fsp3) is 0.533. The van der Waals surface area contributed by atoms with E-state index in [0.29, 0.717) is 24.3 Å². The van der Waals surface area contributed by atoms with Gasteiger partial charge >= 0.3 is 5.97 Å². The van der Waals surface area contributed by atoms with E-state index < -0.39 is 11.4 Å². The topological polar surface area (TPSA) is 55.8 Å². The number of carboxylic acid groups (broad SMARTS) is 1. The third-order valence-corrected chi connectivity index (χ3v) is 5.03. The van der Waals surface area contributed by atoms with Crippen molar-refractivity contribution in [3.63, 3.8) is 0 Å². The third-order valence-electron chi connectivity index (χ3n) is 4.21. The van der Waals surface area contributed by atoms with Crippen LogP contribution in [0, 0.1) is 6.92 Å². The Bertz CT molecular complexity index is 533. The van der Waals surface area contributed by atoms with E-state index in [1.807, 2.05) is 13.0 Å².